The highest BCUT2D eigenvalue weighted by Crippen LogP contribution is 2.35. The normalized spacial score (nSPS) is 20.8. The van der Waals surface area contributed by atoms with E-state index in [9.17, 15) is 4.39 Å². The summed E-state index contributed by atoms with van der Waals surface area (Å²) in [6.45, 7) is 11.6. The molecule has 0 saturated carbocycles. The van der Waals surface area contributed by atoms with Gasteiger partial charge in [-0.15, -0.1) is 24.0 Å². The van der Waals surface area contributed by atoms with Crippen molar-refractivity contribution in [2.45, 2.75) is 38.1 Å². The van der Waals surface area contributed by atoms with Gasteiger partial charge >= 0.3 is 0 Å². The Balaban J connectivity index is 0.00000320. The van der Waals surface area contributed by atoms with Crippen LogP contribution >= 0.6 is 24.0 Å². The number of nitrogens with zero attached hydrogens (tertiary/aromatic N) is 2. The Morgan fingerprint density at radius 3 is 2.37 bits per heavy atom. The van der Waals surface area contributed by atoms with Crippen molar-refractivity contribution in [2.24, 2.45) is 4.99 Å². The minimum atomic E-state index is -0.202. The molecule has 8 heteroatoms. The fourth-order valence-electron chi connectivity index (χ4n) is 4.07. The average Bonchev–Trinajstić information content (AvgIpc) is 2.77. The second-order valence-electron chi connectivity index (χ2n) is 7.97. The van der Waals surface area contributed by atoms with Gasteiger partial charge in [0.25, 0.3) is 0 Å². The molecule has 0 radical (unpaired) electrons. The SMILES string of the molecule is CCNC(=NCC1(c2ccc(F)cc2)CCOCC1)NCC(C)N1CCOCC1.I. The first kappa shape index (κ1) is 25.3. The molecule has 0 aromatic heterocycles. The lowest BCUT2D eigenvalue weighted by molar-refractivity contribution is 0.0211. The van der Waals surface area contributed by atoms with Crippen molar-refractivity contribution in [3.63, 3.8) is 0 Å². The van der Waals surface area contributed by atoms with Crippen molar-refractivity contribution in [3.05, 3.63) is 35.6 Å². The Labute approximate surface area is 197 Å². The number of rotatable bonds is 7. The van der Waals surface area contributed by atoms with Gasteiger partial charge in [0.15, 0.2) is 5.96 Å². The monoisotopic (exact) mass is 534 g/mol. The third-order valence-corrected chi connectivity index (χ3v) is 6.02. The van der Waals surface area contributed by atoms with Crippen LogP contribution in [0.2, 0.25) is 0 Å². The predicted octanol–water partition coefficient (Wildman–Crippen LogP) is 2.77. The minimum absolute atomic E-state index is 0. The summed E-state index contributed by atoms with van der Waals surface area (Å²) in [5, 5.41) is 6.86. The van der Waals surface area contributed by atoms with Gasteiger partial charge in [-0.05, 0) is 44.4 Å². The van der Waals surface area contributed by atoms with Gasteiger partial charge in [-0.25, -0.2) is 4.39 Å². The molecule has 30 heavy (non-hydrogen) atoms. The molecular weight excluding hydrogens is 498 g/mol. The van der Waals surface area contributed by atoms with E-state index in [0.717, 1.165) is 63.8 Å². The minimum Gasteiger partial charge on any atom is -0.381 e. The summed E-state index contributed by atoms with van der Waals surface area (Å²) in [6.07, 6.45) is 1.79. The highest BCUT2D eigenvalue weighted by Gasteiger charge is 2.34. The van der Waals surface area contributed by atoms with Gasteiger partial charge in [-0.3, -0.25) is 9.89 Å². The standard InChI is InChI=1S/C22H35FN4O2.HI/c1-3-24-21(25-16-18(2)27-10-14-29-15-11-27)26-17-22(8-12-28-13-9-22)19-4-6-20(23)7-5-19;/h4-7,18H,3,8-17H2,1-2H3,(H2,24,25,26);1H. The number of morpholine rings is 1. The van der Waals surface area contributed by atoms with Gasteiger partial charge in [0, 0.05) is 50.8 Å². The Morgan fingerprint density at radius 2 is 1.73 bits per heavy atom. The summed E-state index contributed by atoms with van der Waals surface area (Å²) in [4.78, 5) is 7.37. The van der Waals surface area contributed by atoms with Crippen LogP contribution in [0, 0.1) is 5.82 Å². The van der Waals surface area contributed by atoms with E-state index in [1.807, 2.05) is 12.1 Å². The molecule has 1 atom stereocenters. The molecule has 0 spiro atoms. The number of guanidine groups is 1. The largest absolute Gasteiger partial charge is 0.381 e. The number of hydrogen-bond acceptors (Lipinski definition) is 4. The molecule has 3 rings (SSSR count). The highest BCUT2D eigenvalue weighted by atomic mass is 127. The van der Waals surface area contributed by atoms with Crippen molar-refractivity contribution < 1.29 is 13.9 Å². The van der Waals surface area contributed by atoms with E-state index in [0.29, 0.717) is 25.8 Å². The highest BCUT2D eigenvalue weighted by molar-refractivity contribution is 14.0. The summed E-state index contributed by atoms with van der Waals surface area (Å²) >= 11 is 0. The summed E-state index contributed by atoms with van der Waals surface area (Å²) < 4.78 is 24.5. The number of nitrogens with one attached hydrogen (secondary N) is 2. The van der Waals surface area contributed by atoms with Gasteiger partial charge in [0.05, 0.1) is 19.8 Å². The van der Waals surface area contributed by atoms with Crippen LogP contribution in [-0.2, 0) is 14.9 Å². The lowest BCUT2D eigenvalue weighted by Crippen LogP contribution is -2.49. The van der Waals surface area contributed by atoms with Crippen molar-refractivity contribution >= 4 is 29.9 Å². The Hall–Kier alpha value is -0.970. The van der Waals surface area contributed by atoms with Crippen molar-refractivity contribution in [1.82, 2.24) is 15.5 Å². The number of ether oxygens (including phenoxy) is 2. The maximum atomic E-state index is 13.4. The molecule has 2 heterocycles. The van der Waals surface area contributed by atoms with Crippen molar-refractivity contribution in [1.29, 1.82) is 0 Å². The summed E-state index contributed by atoms with van der Waals surface area (Å²) in [5.41, 5.74) is 1.04. The number of benzene rings is 1. The molecular formula is C22H36FIN4O2. The molecule has 2 aliphatic heterocycles. The zero-order valence-electron chi connectivity index (χ0n) is 18.2. The topological polar surface area (TPSA) is 58.1 Å². The maximum absolute atomic E-state index is 13.4. The van der Waals surface area contributed by atoms with Gasteiger partial charge in [0.1, 0.15) is 5.82 Å². The van der Waals surface area contributed by atoms with E-state index in [2.05, 4.69) is 29.4 Å². The molecule has 0 aliphatic carbocycles. The predicted molar refractivity (Wildman–Crippen MR) is 129 cm³/mol. The van der Waals surface area contributed by atoms with Gasteiger partial charge in [-0.2, -0.15) is 0 Å². The van der Waals surface area contributed by atoms with Crippen LogP contribution in [-0.4, -0.2) is 76.1 Å². The zero-order chi connectivity index (χ0) is 20.5. The smallest absolute Gasteiger partial charge is 0.191 e. The third-order valence-electron chi connectivity index (χ3n) is 6.02. The molecule has 1 aromatic carbocycles. The van der Waals surface area contributed by atoms with E-state index in [-0.39, 0.29) is 35.2 Å². The number of aliphatic imine (C=N–C) groups is 1. The first-order chi connectivity index (χ1) is 14.1. The summed E-state index contributed by atoms with van der Waals surface area (Å²) in [6, 6.07) is 7.30. The van der Waals surface area contributed by atoms with E-state index in [1.54, 1.807) is 12.1 Å². The number of hydrogen-bond donors (Lipinski definition) is 2. The molecule has 0 bridgehead atoms. The van der Waals surface area contributed by atoms with E-state index < -0.39 is 0 Å². The van der Waals surface area contributed by atoms with Crippen LogP contribution in [0.5, 0.6) is 0 Å². The van der Waals surface area contributed by atoms with Crippen LogP contribution in [0.4, 0.5) is 4.39 Å². The molecule has 2 fully saturated rings. The first-order valence-corrected chi connectivity index (χ1v) is 10.8. The third kappa shape index (κ3) is 7.03. The maximum Gasteiger partial charge on any atom is 0.191 e. The van der Waals surface area contributed by atoms with Gasteiger partial charge in [0.2, 0.25) is 0 Å². The zero-order valence-corrected chi connectivity index (χ0v) is 20.5. The molecule has 2 aliphatic rings. The molecule has 6 nitrogen and oxygen atoms in total. The summed E-state index contributed by atoms with van der Waals surface area (Å²) in [7, 11) is 0. The van der Waals surface area contributed by atoms with Crippen LogP contribution < -0.4 is 10.6 Å². The molecule has 1 aromatic rings. The fourth-order valence-corrected chi connectivity index (χ4v) is 4.07. The average molecular weight is 534 g/mol. The second kappa shape index (κ2) is 12.8. The lowest BCUT2D eigenvalue weighted by Gasteiger charge is -2.37. The van der Waals surface area contributed by atoms with Gasteiger partial charge in [-0.1, -0.05) is 12.1 Å². The molecule has 1 unspecified atom stereocenters. The van der Waals surface area contributed by atoms with E-state index in [1.165, 1.54) is 0 Å². The summed E-state index contributed by atoms with van der Waals surface area (Å²) in [5.74, 6) is 0.632. The Kier molecular flexibility index (Phi) is 10.8. The van der Waals surface area contributed by atoms with E-state index >= 15 is 0 Å². The fraction of sp³-hybridized carbons (Fsp3) is 0.682. The first-order valence-electron chi connectivity index (χ1n) is 10.8. The Bertz CT molecular complexity index is 647. The number of halogens is 2. The van der Waals surface area contributed by atoms with Crippen molar-refractivity contribution in [2.75, 3.05) is 59.2 Å². The molecule has 0 amide bonds. The quantitative estimate of drug-likeness (QED) is 0.320. The molecule has 170 valence electrons. The second-order valence-corrected chi connectivity index (χ2v) is 7.97. The Morgan fingerprint density at radius 1 is 1.10 bits per heavy atom. The van der Waals surface area contributed by atoms with E-state index in [4.69, 9.17) is 14.5 Å². The molecule has 2 N–H and O–H groups in total. The van der Waals surface area contributed by atoms with Crippen LogP contribution in [0.1, 0.15) is 32.3 Å². The van der Waals surface area contributed by atoms with Crippen molar-refractivity contribution in [3.8, 4) is 0 Å². The van der Waals surface area contributed by atoms with Crippen LogP contribution in [0.15, 0.2) is 29.3 Å². The van der Waals surface area contributed by atoms with Gasteiger partial charge < -0.3 is 20.1 Å². The lowest BCUT2D eigenvalue weighted by atomic mass is 9.74. The molecule has 2 saturated heterocycles. The van der Waals surface area contributed by atoms with Crippen LogP contribution in [0.25, 0.3) is 0 Å². The van der Waals surface area contributed by atoms with Crippen LogP contribution in [0.3, 0.4) is 0 Å².